The number of oxime groups is 1. The van der Waals surface area contributed by atoms with Crippen LogP contribution in [0.3, 0.4) is 0 Å². The lowest BCUT2D eigenvalue weighted by atomic mass is 10.0. The summed E-state index contributed by atoms with van der Waals surface area (Å²) in [6, 6.07) is 8.88. The molecule has 156 valence electrons. The zero-order chi connectivity index (χ0) is 21.6. The van der Waals surface area contributed by atoms with Gasteiger partial charge in [-0.15, -0.1) is 13.2 Å². The molecule has 0 saturated heterocycles. The van der Waals surface area contributed by atoms with E-state index in [1.165, 1.54) is 7.11 Å². The van der Waals surface area contributed by atoms with E-state index in [0.29, 0.717) is 11.1 Å². The highest BCUT2D eigenvalue weighted by molar-refractivity contribution is 6.42. The van der Waals surface area contributed by atoms with Crippen LogP contribution in [-0.4, -0.2) is 36.9 Å². The van der Waals surface area contributed by atoms with E-state index in [9.17, 15) is 23.1 Å². The first-order chi connectivity index (χ1) is 13.6. The van der Waals surface area contributed by atoms with Crippen molar-refractivity contribution in [1.82, 2.24) is 0 Å². The number of ether oxygens (including phenoxy) is 2. The maximum Gasteiger partial charge on any atom is 0.573 e. The highest BCUT2D eigenvalue weighted by Gasteiger charge is 2.33. The van der Waals surface area contributed by atoms with Crippen LogP contribution in [0.25, 0.3) is 0 Å². The monoisotopic (exact) mass is 451 g/mol. The third-order valence-electron chi connectivity index (χ3n) is 3.49. The number of carbonyl (C=O) groups is 1. The van der Waals surface area contributed by atoms with Gasteiger partial charge in [0.25, 0.3) is 0 Å². The minimum atomic E-state index is -4.94. The Labute approximate surface area is 173 Å². The van der Waals surface area contributed by atoms with Crippen molar-refractivity contribution in [3.63, 3.8) is 0 Å². The lowest BCUT2D eigenvalue weighted by molar-refractivity contribution is -0.274. The number of benzene rings is 2. The third-order valence-corrected chi connectivity index (χ3v) is 4.05. The van der Waals surface area contributed by atoms with Crippen molar-refractivity contribution in [2.24, 2.45) is 5.16 Å². The minimum absolute atomic E-state index is 0.0586. The molecule has 0 saturated carbocycles. The van der Waals surface area contributed by atoms with Gasteiger partial charge in [0.05, 0.1) is 16.7 Å². The molecule has 0 aliphatic heterocycles. The van der Waals surface area contributed by atoms with Crippen LogP contribution in [0.1, 0.15) is 11.1 Å². The molecule has 0 unspecified atom stereocenters. The van der Waals surface area contributed by atoms with Crippen molar-refractivity contribution in [3.05, 3.63) is 57.6 Å². The van der Waals surface area contributed by atoms with Gasteiger partial charge in [0.2, 0.25) is 0 Å². The number of nitrogens with zero attached hydrogens (tertiary/aromatic N) is 1. The molecule has 0 spiro atoms. The smallest absolute Gasteiger partial charge is 0.493 e. The van der Waals surface area contributed by atoms with Crippen molar-refractivity contribution < 1.29 is 37.4 Å². The highest BCUT2D eigenvalue weighted by Crippen LogP contribution is 2.39. The molecule has 29 heavy (non-hydrogen) atoms. The second-order valence-electron chi connectivity index (χ2n) is 5.45. The average Bonchev–Trinajstić information content (AvgIpc) is 2.62. The molecule has 1 N–H and O–H groups in total. The lowest BCUT2D eigenvalue weighted by Crippen LogP contribution is -2.18. The van der Waals surface area contributed by atoms with Crippen molar-refractivity contribution in [1.29, 1.82) is 0 Å². The van der Waals surface area contributed by atoms with Gasteiger partial charge in [-0.3, -0.25) is 0 Å². The number of aliphatic carboxylic acids is 1. The van der Waals surface area contributed by atoms with Crippen molar-refractivity contribution in [3.8, 4) is 11.5 Å². The summed E-state index contributed by atoms with van der Waals surface area (Å²) in [7, 11) is 1.23. The Morgan fingerprint density at radius 3 is 2.34 bits per heavy atom. The largest absolute Gasteiger partial charge is 0.573 e. The van der Waals surface area contributed by atoms with Crippen LogP contribution in [0.15, 0.2) is 41.6 Å². The van der Waals surface area contributed by atoms with Gasteiger partial charge in [-0.2, -0.15) is 0 Å². The van der Waals surface area contributed by atoms with Gasteiger partial charge in [0.1, 0.15) is 12.9 Å². The summed E-state index contributed by atoms with van der Waals surface area (Å²) in [6.07, 6.45) is -4.67. The number of alkyl halides is 3. The molecule has 0 aromatic heterocycles. The number of halogens is 5. The normalized spacial score (nSPS) is 11.9. The number of hydrogen-bond donors (Lipinski definition) is 1. The van der Waals surface area contributed by atoms with Crippen molar-refractivity contribution in [2.75, 3.05) is 13.7 Å². The molecule has 0 bridgehead atoms. The summed E-state index contributed by atoms with van der Waals surface area (Å²) in [5.41, 5.74) is 0.679. The predicted octanol–water partition coefficient (Wildman–Crippen LogP) is 4.95. The van der Waals surface area contributed by atoms with Crippen LogP contribution in [0.2, 0.25) is 10.0 Å². The fraction of sp³-hybridized carbons (Fsp3) is 0.222. The predicted molar refractivity (Wildman–Crippen MR) is 100.0 cm³/mol. The molecule has 11 heteroatoms. The van der Waals surface area contributed by atoms with Crippen molar-refractivity contribution >= 4 is 34.9 Å². The quantitative estimate of drug-likeness (QED) is 0.453. The molecule has 0 radical (unpaired) electrons. The van der Waals surface area contributed by atoms with E-state index in [1.54, 1.807) is 24.3 Å². The molecule has 6 nitrogen and oxygen atoms in total. The Kier molecular flexibility index (Phi) is 7.58. The Hall–Kier alpha value is -2.65. The molecule has 0 amide bonds. The van der Waals surface area contributed by atoms with E-state index in [1.807, 2.05) is 0 Å². The summed E-state index contributed by atoms with van der Waals surface area (Å²) in [4.78, 5) is 16.0. The van der Waals surface area contributed by atoms with Crippen LogP contribution >= 0.6 is 23.2 Å². The number of rotatable bonds is 8. The third kappa shape index (κ3) is 6.43. The van der Waals surface area contributed by atoms with E-state index in [2.05, 4.69) is 14.7 Å². The van der Waals surface area contributed by atoms with E-state index < -0.39 is 18.1 Å². The Morgan fingerprint density at radius 2 is 1.79 bits per heavy atom. The molecule has 0 aliphatic carbocycles. The van der Waals surface area contributed by atoms with Gasteiger partial charge in [-0.05, 0) is 5.56 Å². The standard InChI is InChI=1S/C18H14Cl2F3NO5/c1-27-24-15(17(25)26)12-5-3-2-4-10(12)6-7-28-11-8-13(19)16(14(20)9-11)29-18(21,22)23/h2-5,8-9H,6-7H2,1H3,(H,25,26). The molecule has 2 aromatic carbocycles. The Balaban J connectivity index is 2.13. The summed E-state index contributed by atoms with van der Waals surface area (Å²) in [6.45, 7) is 0.0586. The fourth-order valence-electron chi connectivity index (χ4n) is 2.38. The first-order valence-electron chi connectivity index (χ1n) is 7.92. The number of carboxylic acid groups (broad SMARTS) is 1. The maximum atomic E-state index is 12.4. The molecule has 2 rings (SSSR count). The van der Waals surface area contributed by atoms with Crippen molar-refractivity contribution in [2.45, 2.75) is 12.8 Å². The molecular weight excluding hydrogens is 438 g/mol. The number of hydrogen-bond acceptors (Lipinski definition) is 5. The zero-order valence-electron chi connectivity index (χ0n) is 14.8. The minimum Gasteiger partial charge on any atom is -0.493 e. The van der Waals surface area contributed by atoms with Gasteiger partial charge < -0.3 is 19.4 Å². The molecule has 0 heterocycles. The SMILES string of the molecule is CON=C(C(=O)O)c1ccccc1CCOc1cc(Cl)c(OC(F)(F)F)c(Cl)c1. The first-order valence-corrected chi connectivity index (χ1v) is 8.68. The highest BCUT2D eigenvalue weighted by atomic mass is 35.5. The van der Waals surface area contributed by atoms with E-state index >= 15 is 0 Å². The zero-order valence-corrected chi connectivity index (χ0v) is 16.3. The molecule has 0 aliphatic rings. The van der Waals surface area contributed by atoms with E-state index in [0.717, 1.165) is 12.1 Å². The Bertz CT molecular complexity index is 896. The van der Waals surface area contributed by atoms with Crippen LogP contribution in [-0.2, 0) is 16.1 Å². The average molecular weight is 452 g/mol. The van der Waals surface area contributed by atoms with Crippen LogP contribution < -0.4 is 9.47 Å². The van der Waals surface area contributed by atoms with E-state index in [-0.39, 0.29) is 34.5 Å². The van der Waals surface area contributed by atoms with Crippen LogP contribution in [0, 0.1) is 0 Å². The van der Waals surface area contributed by atoms with Crippen LogP contribution in [0.4, 0.5) is 13.2 Å². The topological polar surface area (TPSA) is 77.4 Å². The molecule has 0 fully saturated rings. The van der Waals surface area contributed by atoms with E-state index in [4.69, 9.17) is 27.9 Å². The summed E-state index contributed by atoms with van der Waals surface area (Å²) < 4.78 is 46.4. The second-order valence-corrected chi connectivity index (χ2v) is 6.26. The summed E-state index contributed by atoms with van der Waals surface area (Å²) in [5, 5.41) is 12.1. The molecule has 2 aromatic rings. The lowest BCUT2D eigenvalue weighted by Gasteiger charge is -2.14. The van der Waals surface area contributed by atoms with Gasteiger partial charge in [-0.1, -0.05) is 52.6 Å². The van der Waals surface area contributed by atoms with Gasteiger partial charge >= 0.3 is 12.3 Å². The molecule has 0 atom stereocenters. The first kappa shape index (κ1) is 22.6. The van der Waals surface area contributed by atoms with Gasteiger partial charge in [0, 0.05) is 24.1 Å². The number of carboxylic acids is 1. The molecular formula is C18H14Cl2F3NO5. The fourth-order valence-corrected chi connectivity index (χ4v) is 2.92. The van der Waals surface area contributed by atoms with Gasteiger partial charge in [0.15, 0.2) is 11.5 Å². The van der Waals surface area contributed by atoms with Crippen LogP contribution in [0.5, 0.6) is 11.5 Å². The summed E-state index contributed by atoms with van der Waals surface area (Å²) in [5.74, 6) is -1.87. The maximum absolute atomic E-state index is 12.4. The Morgan fingerprint density at radius 1 is 1.17 bits per heavy atom. The van der Waals surface area contributed by atoms with Gasteiger partial charge in [-0.25, -0.2) is 4.79 Å². The summed E-state index contributed by atoms with van der Waals surface area (Å²) >= 11 is 11.6. The second kappa shape index (κ2) is 9.71.